The average Bonchev–Trinajstić information content (AvgIpc) is 2.75. The van der Waals surface area contributed by atoms with Crippen molar-refractivity contribution in [2.75, 3.05) is 39.4 Å². The molecule has 1 unspecified atom stereocenters. The summed E-state index contributed by atoms with van der Waals surface area (Å²) in [4.78, 5) is 29.0. The van der Waals surface area contributed by atoms with Crippen LogP contribution < -0.4 is 4.74 Å². The van der Waals surface area contributed by atoms with E-state index in [1.54, 1.807) is 11.0 Å². The van der Waals surface area contributed by atoms with Gasteiger partial charge in [0.2, 0.25) is 11.8 Å². The van der Waals surface area contributed by atoms with E-state index < -0.39 is 5.60 Å². The molecule has 7 heteroatoms. The number of ether oxygens (including phenoxy) is 2. The Balaban J connectivity index is 1.75. The van der Waals surface area contributed by atoms with Crippen LogP contribution in [0.25, 0.3) is 0 Å². The Hall–Kier alpha value is -1.79. The minimum Gasteiger partial charge on any atom is -0.490 e. The lowest BCUT2D eigenvalue weighted by atomic mass is 9.96. The molecule has 29 heavy (non-hydrogen) atoms. The number of hydrogen-bond acceptors (Lipinski definition) is 4. The standard InChI is InChI=1S/C22H31ClN2O4/c1-3-20(26)25-11-12-29-22(15-25,14-21(27)24-9-5-4-6-10-24)16-28-18-7-8-19(23)17(2)13-18/h7-8,13H,3-6,9-12,14-16H2,1-2H3. The predicted molar refractivity (Wildman–Crippen MR) is 112 cm³/mol. The van der Waals surface area contributed by atoms with Gasteiger partial charge in [0.1, 0.15) is 18.0 Å². The van der Waals surface area contributed by atoms with Gasteiger partial charge in [-0.25, -0.2) is 0 Å². The van der Waals surface area contributed by atoms with Crippen LogP contribution in [0.1, 0.15) is 44.6 Å². The first kappa shape index (κ1) is 21.9. The molecular formula is C22H31ClN2O4. The summed E-state index contributed by atoms with van der Waals surface area (Å²) in [5.74, 6) is 0.830. The number of benzene rings is 1. The van der Waals surface area contributed by atoms with Gasteiger partial charge >= 0.3 is 0 Å². The molecule has 2 heterocycles. The van der Waals surface area contributed by atoms with Crippen molar-refractivity contribution in [3.63, 3.8) is 0 Å². The van der Waals surface area contributed by atoms with Crippen molar-refractivity contribution in [3.8, 4) is 5.75 Å². The molecule has 0 aliphatic carbocycles. The largest absolute Gasteiger partial charge is 0.490 e. The third-order valence-corrected chi connectivity index (χ3v) is 6.14. The summed E-state index contributed by atoms with van der Waals surface area (Å²) in [6.45, 7) is 6.89. The first-order chi connectivity index (χ1) is 13.9. The number of aryl methyl sites for hydroxylation is 1. The van der Waals surface area contributed by atoms with Crippen molar-refractivity contribution in [2.24, 2.45) is 0 Å². The zero-order chi connectivity index (χ0) is 20.9. The van der Waals surface area contributed by atoms with Crippen LogP contribution in [0.2, 0.25) is 5.02 Å². The van der Waals surface area contributed by atoms with Crippen LogP contribution in [0, 0.1) is 6.92 Å². The van der Waals surface area contributed by atoms with E-state index in [0.29, 0.717) is 36.9 Å². The van der Waals surface area contributed by atoms with Gasteiger partial charge in [-0.3, -0.25) is 9.59 Å². The van der Waals surface area contributed by atoms with Crippen molar-refractivity contribution in [2.45, 2.75) is 51.6 Å². The lowest BCUT2D eigenvalue weighted by Gasteiger charge is -2.43. The van der Waals surface area contributed by atoms with Gasteiger partial charge in [-0.1, -0.05) is 18.5 Å². The Kier molecular flexibility index (Phi) is 7.41. The number of halogens is 1. The fourth-order valence-electron chi connectivity index (χ4n) is 3.98. The van der Waals surface area contributed by atoms with Crippen molar-refractivity contribution >= 4 is 23.4 Å². The molecule has 2 aliphatic heterocycles. The summed E-state index contributed by atoms with van der Waals surface area (Å²) < 4.78 is 12.2. The van der Waals surface area contributed by atoms with Gasteiger partial charge in [0.25, 0.3) is 0 Å². The average molecular weight is 423 g/mol. The summed E-state index contributed by atoms with van der Waals surface area (Å²) in [6, 6.07) is 5.49. The molecule has 2 amide bonds. The van der Waals surface area contributed by atoms with Gasteiger partial charge in [-0.05, 0) is 49.9 Å². The fourth-order valence-corrected chi connectivity index (χ4v) is 4.10. The maximum absolute atomic E-state index is 13.0. The molecule has 0 N–H and O–H groups in total. The second-order valence-electron chi connectivity index (χ2n) is 8.02. The van der Waals surface area contributed by atoms with Gasteiger partial charge in [0, 0.05) is 31.1 Å². The topological polar surface area (TPSA) is 59.1 Å². The molecule has 1 aromatic carbocycles. The SMILES string of the molecule is CCC(=O)N1CCOC(COc2ccc(Cl)c(C)c2)(CC(=O)N2CCCCC2)C1. The maximum atomic E-state index is 13.0. The molecule has 0 bridgehead atoms. The monoisotopic (exact) mass is 422 g/mol. The van der Waals surface area contributed by atoms with E-state index in [2.05, 4.69) is 0 Å². The Bertz CT molecular complexity index is 736. The number of nitrogens with zero attached hydrogens (tertiary/aromatic N) is 2. The maximum Gasteiger partial charge on any atom is 0.225 e. The van der Waals surface area contributed by atoms with Crippen molar-refractivity contribution in [3.05, 3.63) is 28.8 Å². The highest BCUT2D eigenvalue weighted by atomic mass is 35.5. The molecule has 2 saturated heterocycles. The Morgan fingerprint density at radius 3 is 2.59 bits per heavy atom. The molecule has 0 spiro atoms. The van der Waals surface area contributed by atoms with Crippen LogP contribution in [0.4, 0.5) is 0 Å². The quantitative estimate of drug-likeness (QED) is 0.704. The predicted octanol–water partition coefficient (Wildman–Crippen LogP) is 3.44. The molecular weight excluding hydrogens is 392 g/mol. The van der Waals surface area contributed by atoms with E-state index in [-0.39, 0.29) is 24.8 Å². The van der Waals surface area contributed by atoms with E-state index in [0.717, 1.165) is 31.5 Å². The second kappa shape index (κ2) is 9.81. The minimum atomic E-state index is -0.842. The van der Waals surface area contributed by atoms with Crippen molar-refractivity contribution < 1.29 is 19.1 Å². The Labute approximate surface area is 178 Å². The van der Waals surface area contributed by atoms with Crippen LogP contribution in [0.5, 0.6) is 5.75 Å². The van der Waals surface area contributed by atoms with E-state index in [1.165, 1.54) is 6.42 Å². The highest BCUT2D eigenvalue weighted by molar-refractivity contribution is 6.31. The van der Waals surface area contributed by atoms with E-state index in [1.807, 2.05) is 30.9 Å². The minimum absolute atomic E-state index is 0.0745. The molecule has 2 aliphatic rings. The smallest absolute Gasteiger partial charge is 0.225 e. The highest BCUT2D eigenvalue weighted by Crippen LogP contribution is 2.28. The van der Waals surface area contributed by atoms with Gasteiger partial charge in [-0.15, -0.1) is 0 Å². The molecule has 160 valence electrons. The molecule has 2 fully saturated rings. The first-order valence-corrected chi connectivity index (χ1v) is 10.9. The number of carbonyl (C=O) groups excluding carboxylic acids is 2. The number of amides is 2. The molecule has 6 nitrogen and oxygen atoms in total. The zero-order valence-corrected chi connectivity index (χ0v) is 18.2. The van der Waals surface area contributed by atoms with Gasteiger partial charge in [0.05, 0.1) is 19.6 Å². The van der Waals surface area contributed by atoms with Crippen LogP contribution in [0.3, 0.4) is 0 Å². The van der Waals surface area contributed by atoms with Gasteiger partial charge < -0.3 is 19.3 Å². The van der Waals surface area contributed by atoms with Crippen molar-refractivity contribution in [1.29, 1.82) is 0 Å². The summed E-state index contributed by atoms with van der Waals surface area (Å²) in [7, 11) is 0. The molecule has 1 aromatic rings. The third-order valence-electron chi connectivity index (χ3n) is 5.72. The van der Waals surface area contributed by atoms with Crippen molar-refractivity contribution in [1.82, 2.24) is 9.80 Å². The van der Waals surface area contributed by atoms with E-state index >= 15 is 0 Å². The van der Waals surface area contributed by atoms with Gasteiger partial charge in [-0.2, -0.15) is 0 Å². The number of likely N-dealkylation sites (tertiary alicyclic amines) is 1. The number of piperidine rings is 1. The normalized spacial score (nSPS) is 22.4. The fraction of sp³-hybridized carbons (Fsp3) is 0.636. The summed E-state index contributed by atoms with van der Waals surface area (Å²) in [6.07, 6.45) is 3.91. The van der Waals surface area contributed by atoms with Crippen LogP contribution in [0.15, 0.2) is 18.2 Å². The molecule has 3 rings (SSSR count). The summed E-state index contributed by atoms with van der Waals surface area (Å²) in [5, 5.41) is 0.681. The molecule has 0 aromatic heterocycles. The van der Waals surface area contributed by atoms with E-state index in [4.69, 9.17) is 21.1 Å². The number of rotatable bonds is 6. The molecule has 1 atom stereocenters. The van der Waals surface area contributed by atoms with E-state index in [9.17, 15) is 9.59 Å². The number of carbonyl (C=O) groups is 2. The summed E-state index contributed by atoms with van der Waals surface area (Å²) in [5.41, 5.74) is 0.0838. The number of morpholine rings is 1. The molecule has 0 saturated carbocycles. The lowest BCUT2D eigenvalue weighted by molar-refractivity contribution is -0.166. The Morgan fingerprint density at radius 2 is 1.90 bits per heavy atom. The van der Waals surface area contributed by atoms with Crippen LogP contribution in [-0.4, -0.2) is 66.6 Å². The third kappa shape index (κ3) is 5.64. The van der Waals surface area contributed by atoms with Crippen LogP contribution in [-0.2, 0) is 14.3 Å². The second-order valence-corrected chi connectivity index (χ2v) is 8.43. The summed E-state index contributed by atoms with van der Waals surface area (Å²) >= 11 is 6.11. The first-order valence-electron chi connectivity index (χ1n) is 10.5. The zero-order valence-electron chi connectivity index (χ0n) is 17.4. The number of hydrogen-bond donors (Lipinski definition) is 0. The van der Waals surface area contributed by atoms with Gasteiger partial charge in [0.15, 0.2) is 0 Å². The Morgan fingerprint density at radius 1 is 1.14 bits per heavy atom. The highest BCUT2D eigenvalue weighted by Gasteiger charge is 2.42. The van der Waals surface area contributed by atoms with Crippen LogP contribution >= 0.6 is 11.6 Å². The molecule has 0 radical (unpaired) electrons. The lowest BCUT2D eigenvalue weighted by Crippen LogP contribution is -2.58.